The minimum Gasteiger partial charge on any atom is -0.332 e. The number of fused-ring (bicyclic) bond motifs is 1. The Morgan fingerprint density at radius 2 is 1.46 bits per heavy atom. The third-order valence-electron chi connectivity index (χ3n) is 5.90. The first-order chi connectivity index (χ1) is 17.4. The van der Waals surface area contributed by atoms with Gasteiger partial charge >= 0.3 is 18.4 Å². The van der Waals surface area contributed by atoms with Gasteiger partial charge < -0.3 is 10.6 Å². The maximum Gasteiger partial charge on any atom is 0.418 e. The number of pyridine rings is 1. The van der Waals surface area contributed by atoms with Gasteiger partial charge in [0, 0.05) is 6.20 Å². The summed E-state index contributed by atoms with van der Waals surface area (Å²) in [4.78, 5) is 16.8. The SMILES string of the molecule is C[C@H](NC(=O)NC(c1ccc(C(F)(F)F)cc1)c1ncccc1C(F)(F)F)c1cccc2ccccc12. The molecule has 4 aromatic rings. The van der Waals surface area contributed by atoms with Gasteiger partial charge in [-0.3, -0.25) is 4.98 Å². The summed E-state index contributed by atoms with van der Waals surface area (Å²) in [5.41, 5.74) is -1.83. The van der Waals surface area contributed by atoms with E-state index in [1.54, 1.807) is 6.92 Å². The van der Waals surface area contributed by atoms with Crippen LogP contribution in [0, 0.1) is 0 Å². The lowest BCUT2D eigenvalue weighted by Crippen LogP contribution is -2.40. The Morgan fingerprint density at radius 1 is 0.784 bits per heavy atom. The van der Waals surface area contributed by atoms with Crippen molar-refractivity contribution in [3.63, 3.8) is 0 Å². The number of carbonyl (C=O) groups is 1. The van der Waals surface area contributed by atoms with Gasteiger partial charge in [0.15, 0.2) is 0 Å². The number of hydrogen-bond acceptors (Lipinski definition) is 2. The van der Waals surface area contributed by atoms with Crippen LogP contribution in [-0.2, 0) is 12.4 Å². The summed E-state index contributed by atoms with van der Waals surface area (Å²) in [6.07, 6.45) is -8.31. The first-order valence-electron chi connectivity index (χ1n) is 11.2. The second-order valence-corrected chi connectivity index (χ2v) is 8.39. The summed E-state index contributed by atoms with van der Waals surface area (Å²) in [5, 5.41) is 7.02. The van der Waals surface area contributed by atoms with Crippen molar-refractivity contribution in [3.05, 3.63) is 113 Å². The molecule has 0 spiro atoms. The molecule has 1 unspecified atom stereocenters. The highest BCUT2D eigenvalue weighted by Gasteiger charge is 2.37. The predicted octanol–water partition coefficient (Wildman–Crippen LogP) is 7.42. The van der Waals surface area contributed by atoms with Crippen LogP contribution in [0.1, 0.15) is 47.0 Å². The van der Waals surface area contributed by atoms with Crippen LogP contribution in [-0.4, -0.2) is 11.0 Å². The topological polar surface area (TPSA) is 54.0 Å². The van der Waals surface area contributed by atoms with Gasteiger partial charge in [-0.2, -0.15) is 26.3 Å². The first kappa shape index (κ1) is 26.0. The van der Waals surface area contributed by atoms with Gasteiger partial charge in [-0.15, -0.1) is 0 Å². The average Bonchev–Trinajstić information content (AvgIpc) is 2.86. The summed E-state index contributed by atoms with van der Waals surface area (Å²) in [5.74, 6) is 0. The maximum absolute atomic E-state index is 13.7. The number of rotatable bonds is 5. The molecule has 4 rings (SSSR count). The number of urea groups is 1. The van der Waals surface area contributed by atoms with Crippen molar-refractivity contribution in [2.24, 2.45) is 0 Å². The number of halogens is 6. The average molecular weight is 517 g/mol. The number of nitrogens with zero attached hydrogens (tertiary/aromatic N) is 1. The molecular weight excluding hydrogens is 496 g/mol. The van der Waals surface area contributed by atoms with Gasteiger partial charge in [-0.05, 0) is 53.1 Å². The normalized spacial score (nSPS) is 13.7. The van der Waals surface area contributed by atoms with Gasteiger partial charge in [0.1, 0.15) is 0 Å². The molecular formula is C27H21F6N3O. The molecule has 0 aliphatic rings. The Balaban J connectivity index is 1.67. The largest absolute Gasteiger partial charge is 0.418 e. The third kappa shape index (κ3) is 5.84. The van der Waals surface area contributed by atoms with E-state index in [2.05, 4.69) is 15.6 Å². The van der Waals surface area contributed by atoms with Crippen LogP contribution in [0.15, 0.2) is 85.1 Å². The van der Waals surface area contributed by atoms with Crippen molar-refractivity contribution in [1.29, 1.82) is 0 Å². The van der Waals surface area contributed by atoms with E-state index in [0.29, 0.717) is 0 Å². The molecule has 4 nitrogen and oxygen atoms in total. The Hall–Kier alpha value is -4.08. The number of aromatic nitrogens is 1. The highest BCUT2D eigenvalue weighted by molar-refractivity contribution is 5.86. The smallest absolute Gasteiger partial charge is 0.332 e. The molecule has 3 aromatic carbocycles. The molecule has 0 bridgehead atoms. The first-order valence-corrected chi connectivity index (χ1v) is 11.2. The number of benzene rings is 3. The number of nitrogens with one attached hydrogen (secondary N) is 2. The zero-order valence-electron chi connectivity index (χ0n) is 19.4. The minimum absolute atomic E-state index is 0.00478. The number of alkyl halides is 6. The van der Waals surface area contributed by atoms with E-state index in [-0.39, 0.29) is 5.56 Å². The van der Waals surface area contributed by atoms with Gasteiger partial charge in [0.05, 0.1) is 28.9 Å². The van der Waals surface area contributed by atoms with Gasteiger partial charge in [-0.1, -0.05) is 54.6 Å². The van der Waals surface area contributed by atoms with E-state index < -0.39 is 47.3 Å². The number of amides is 2. The van der Waals surface area contributed by atoms with E-state index in [9.17, 15) is 31.1 Å². The maximum atomic E-state index is 13.7. The van der Waals surface area contributed by atoms with Crippen molar-refractivity contribution in [2.75, 3.05) is 0 Å². The lowest BCUT2D eigenvalue weighted by molar-refractivity contribution is -0.139. The van der Waals surface area contributed by atoms with Crippen LogP contribution in [0.4, 0.5) is 31.1 Å². The third-order valence-corrected chi connectivity index (χ3v) is 5.90. The van der Waals surface area contributed by atoms with E-state index in [1.165, 1.54) is 0 Å². The van der Waals surface area contributed by atoms with E-state index >= 15 is 0 Å². The van der Waals surface area contributed by atoms with Crippen molar-refractivity contribution < 1.29 is 31.1 Å². The molecule has 1 heterocycles. The predicted molar refractivity (Wildman–Crippen MR) is 127 cm³/mol. The Kier molecular flexibility index (Phi) is 7.11. The summed E-state index contributed by atoms with van der Waals surface area (Å²) in [7, 11) is 0. The Bertz CT molecular complexity index is 1390. The molecule has 2 N–H and O–H groups in total. The molecule has 0 aliphatic carbocycles. The van der Waals surface area contributed by atoms with E-state index in [0.717, 1.165) is 58.9 Å². The molecule has 1 aromatic heterocycles. The molecule has 0 saturated heterocycles. The second kappa shape index (κ2) is 10.1. The number of hydrogen-bond donors (Lipinski definition) is 2. The molecule has 0 radical (unpaired) electrons. The fourth-order valence-electron chi connectivity index (χ4n) is 4.14. The number of carbonyl (C=O) groups excluding carboxylic acids is 1. The Labute approximate surface area is 208 Å². The Morgan fingerprint density at radius 3 is 2.14 bits per heavy atom. The standard InChI is InChI=1S/C27H21F6N3O/c1-16(20-9-4-7-17-6-2-3-8-21(17)20)35-25(37)36-23(18-11-13-19(14-12-18)26(28,29)30)24-22(27(31,32)33)10-5-15-34-24/h2-16,23H,1H3,(H2,35,36,37)/t16-,23?/m0/s1. The molecule has 0 fully saturated rings. The van der Waals surface area contributed by atoms with Crippen LogP contribution in [0.5, 0.6) is 0 Å². The van der Waals surface area contributed by atoms with Crippen LogP contribution < -0.4 is 10.6 Å². The zero-order valence-corrected chi connectivity index (χ0v) is 19.4. The fraction of sp³-hybridized carbons (Fsp3) is 0.185. The van der Waals surface area contributed by atoms with Crippen LogP contribution in [0.25, 0.3) is 10.8 Å². The van der Waals surface area contributed by atoms with Crippen LogP contribution >= 0.6 is 0 Å². The molecule has 0 aliphatic heterocycles. The molecule has 37 heavy (non-hydrogen) atoms. The van der Waals surface area contributed by atoms with Crippen molar-refractivity contribution in [1.82, 2.24) is 15.6 Å². The van der Waals surface area contributed by atoms with Gasteiger partial charge in [0.25, 0.3) is 0 Å². The quantitative estimate of drug-likeness (QED) is 0.271. The van der Waals surface area contributed by atoms with Crippen LogP contribution in [0.2, 0.25) is 0 Å². The van der Waals surface area contributed by atoms with Gasteiger partial charge in [0.2, 0.25) is 0 Å². The highest BCUT2D eigenvalue weighted by Crippen LogP contribution is 2.36. The van der Waals surface area contributed by atoms with Crippen molar-refractivity contribution in [3.8, 4) is 0 Å². The van der Waals surface area contributed by atoms with Crippen molar-refractivity contribution in [2.45, 2.75) is 31.4 Å². The summed E-state index contributed by atoms with van der Waals surface area (Å²) >= 11 is 0. The summed E-state index contributed by atoms with van der Waals surface area (Å²) in [6.45, 7) is 1.72. The van der Waals surface area contributed by atoms with Gasteiger partial charge in [-0.25, -0.2) is 4.79 Å². The fourth-order valence-corrected chi connectivity index (χ4v) is 4.14. The van der Waals surface area contributed by atoms with E-state index in [1.807, 2.05) is 42.5 Å². The minimum atomic E-state index is -4.80. The zero-order chi connectivity index (χ0) is 26.8. The monoisotopic (exact) mass is 517 g/mol. The highest BCUT2D eigenvalue weighted by atomic mass is 19.4. The second-order valence-electron chi connectivity index (χ2n) is 8.39. The molecule has 192 valence electrons. The summed E-state index contributed by atoms with van der Waals surface area (Å²) < 4.78 is 80.4. The molecule has 0 saturated carbocycles. The van der Waals surface area contributed by atoms with Crippen molar-refractivity contribution >= 4 is 16.8 Å². The molecule has 2 amide bonds. The molecule has 2 atom stereocenters. The van der Waals surface area contributed by atoms with Crippen LogP contribution in [0.3, 0.4) is 0 Å². The lowest BCUT2D eigenvalue weighted by Gasteiger charge is -2.24. The lowest BCUT2D eigenvalue weighted by atomic mass is 9.97. The molecule has 10 heteroatoms. The summed E-state index contributed by atoms with van der Waals surface area (Å²) in [6, 6.07) is 15.7. The van der Waals surface area contributed by atoms with E-state index in [4.69, 9.17) is 0 Å².